The molecule has 0 amide bonds. The van der Waals surface area contributed by atoms with Gasteiger partial charge in [0.1, 0.15) is 36.3 Å². The van der Waals surface area contributed by atoms with Gasteiger partial charge in [0.25, 0.3) is 0 Å². The van der Waals surface area contributed by atoms with Gasteiger partial charge in [0, 0.05) is 17.9 Å². The number of aliphatic hydroxyl groups is 4. The van der Waals surface area contributed by atoms with Crippen LogP contribution < -0.4 is 4.74 Å². The number of hydrogen-bond donors (Lipinski definition) is 4. The second-order valence-electron chi connectivity index (χ2n) is 10.5. The van der Waals surface area contributed by atoms with Crippen molar-refractivity contribution in [3.05, 3.63) is 64.2 Å². The molecule has 8 heteroatoms. The molecule has 2 heterocycles. The van der Waals surface area contributed by atoms with Gasteiger partial charge in [-0.2, -0.15) is 0 Å². The van der Waals surface area contributed by atoms with E-state index < -0.39 is 37.1 Å². The Bertz CT molecular complexity index is 979. The summed E-state index contributed by atoms with van der Waals surface area (Å²) in [5.74, 6) is 0.849. The van der Waals surface area contributed by atoms with Crippen LogP contribution in [-0.2, 0) is 11.2 Å². The molecule has 0 bridgehead atoms. The van der Waals surface area contributed by atoms with Crippen LogP contribution in [0.1, 0.15) is 48.5 Å². The van der Waals surface area contributed by atoms with Crippen LogP contribution >= 0.6 is 11.6 Å². The lowest BCUT2D eigenvalue weighted by Crippen LogP contribution is -2.55. The first-order valence-electron chi connectivity index (χ1n) is 12.9. The first kappa shape index (κ1) is 27.3. The van der Waals surface area contributed by atoms with E-state index in [1.54, 1.807) is 12.1 Å². The number of hydrogen-bond acceptors (Lipinski definition) is 6. The SMILES string of the molecule is C[N+]1(CCCCOc2ccc(Cc3cc([C@@H]4O[C@H](CO)[C@@H](O)[C@H](O)[C@H]4O)ccc3Cl)cc2)CCCC1. The maximum absolute atomic E-state index is 10.5. The van der Waals surface area contributed by atoms with Gasteiger partial charge in [-0.3, -0.25) is 0 Å². The third kappa shape index (κ3) is 6.58. The molecule has 2 saturated heterocycles. The van der Waals surface area contributed by atoms with Gasteiger partial charge >= 0.3 is 0 Å². The third-order valence-corrected chi connectivity index (χ3v) is 7.98. The lowest BCUT2D eigenvalue weighted by Gasteiger charge is -2.40. The summed E-state index contributed by atoms with van der Waals surface area (Å²) in [5, 5.41) is 40.7. The number of likely N-dealkylation sites (tertiary alicyclic amines) is 1. The lowest BCUT2D eigenvalue weighted by atomic mass is 9.90. The number of benzene rings is 2. The molecule has 0 unspecified atom stereocenters. The number of quaternary nitrogens is 1. The lowest BCUT2D eigenvalue weighted by molar-refractivity contribution is -0.897. The minimum atomic E-state index is -1.42. The topological polar surface area (TPSA) is 99.4 Å². The highest BCUT2D eigenvalue weighted by atomic mass is 35.5. The molecule has 2 fully saturated rings. The van der Waals surface area contributed by atoms with Crippen molar-refractivity contribution in [2.24, 2.45) is 0 Å². The normalized spacial score (nSPS) is 27.8. The van der Waals surface area contributed by atoms with Crippen molar-refractivity contribution in [2.45, 2.75) is 62.6 Å². The monoisotopic (exact) mass is 520 g/mol. The van der Waals surface area contributed by atoms with E-state index in [0.29, 0.717) is 23.6 Å². The Balaban J connectivity index is 1.32. The molecule has 4 rings (SSSR count). The Hall–Kier alpha value is -1.71. The summed E-state index contributed by atoms with van der Waals surface area (Å²) in [7, 11) is 2.36. The largest absolute Gasteiger partial charge is 0.494 e. The van der Waals surface area contributed by atoms with E-state index in [1.807, 2.05) is 30.3 Å². The quantitative estimate of drug-likeness (QED) is 0.284. The van der Waals surface area contributed by atoms with E-state index in [9.17, 15) is 20.4 Å². The summed E-state index contributed by atoms with van der Waals surface area (Å²) < 4.78 is 12.8. The van der Waals surface area contributed by atoms with Crippen molar-refractivity contribution >= 4 is 11.6 Å². The average molecular weight is 521 g/mol. The molecule has 2 aliphatic heterocycles. The maximum Gasteiger partial charge on any atom is 0.119 e. The molecule has 4 N–H and O–H groups in total. The summed E-state index contributed by atoms with van der Waals surface area (Å²) in [6.07, 6.45) is -0.471. The second-order valence-corrected chi connectivity index (χ2v) is 10.9. The Kier molecular flexibility index (Phi) is 9.28. The fourth-order valence-corrected chi connectivity index (χ4v) is 5.50. The summed E-state index contributed by atoms with van der Waals surface area (Å²) >= 11 is 6.46. The molecule has 2 aromatic carbocycles. The molecule has 36 heavy (non-hydrogen) atoms. The zero-order valence-electron chi connectivity index (χ0n) is 20.9. The zero-order chi connectivity index (χ0) is 25.7. The third-order valence-electron chi connectivity index (χ3n) is 7.62. The molecule has 2 aliphatic rings. The van der Waals surface area contributed by atoms with Crippen LogP contribution in [0.15, 0.2) is 42.5 Å². The molecule has 0 aliphatic carbocycles. The van der Waals surface area contributed by atoms with Crippen molar-refractivity contribution in [1.29, 1.82) is 0 Å². The highest BCUT2D eigenvalue weighted by Gasteiger charge is 2.44. The van der Waals surface area contributed by atoms with Crippen LogP contribution in [0.25, 0.3) is 0 Å². The fourth-order valence-electron chi connectivity index (χ4n) is 5.32. The van der Waals surface area contributed by atoms with Gasteiger partial charge in [-0.15, -0.1) is 0 Å². The summed E-state index contributed by atoms with van der Waals surface area (Å²) in [6.45, 7) is 4.09. The van der Waals surface area contributed by atoms with Crippen LogP contribution in [0.2, 0.25) is 5.02 Å². The van der Waals surface area contributed by atoms with Gasteiger partial charge in [0.2, 0.25) is 0 Å². The van der Waals surface area contributed by atoms with Crippen LogP contribution in [0, 0.1) is 0 Å². The summed E-state index contributed by atoms with van der Waals surface area (Å²) in [5.41, 5.74) is 2.52. The Labute approximate surface area is 218 Å². The van der Waals surface area contributed by atoms with Gasteiger partial charge in [-0.25, -0.2) is 0 Å². The van der Waals surface area contributed by atoms with Crippen molar-refractivity contribution in [3.8, 4) is 5.75 Å². The molecule has 0 saturated carbocycles. The fraction of sp³-hybridized carbons (Fsp3) is 0.571. The van der Waals surface area contributed by atoms with E-state index >= 15 is 0 Å². The van der Waals surface area contributed by atoms with E-state index in [2.05, 4.69) is 7.05 Å². The first-order chi connectivity index (χ1) is 17.3. The molecule has 5 atom stereocenters. The van der Waals surface area contributed by atoms with Gasteiger partial charge in [-0.05, 0) is 54.2 Å². The Morgan fingerprint density at radius 2 is 1.69 bits per heavy atom. The van der Waals surface area contributed by atoms with E-state index in [0.717, 1.165) is 23.3 Å². The number of unbranched alkanes of at least 4 members (excludes halogenated alkanes) is 1. The molecule has 0 spiro atoms. The predicted molar refractivity (Wildman–Crippen MR) is 138 cm³/mol. The minimum absolute atomic E-state index is 0.463. The molecule has 2 aromatic rings. The van der Waals surface area contributed by atoms with Crippen molar-refractivity contribution < 1.29 is 34.4 Å². The zero-order valence-corrected chi connectivity index (χ0v) is 21.7. The highest BCUT2D eigenvalue weighted by molar-refractivity contribution is 6.31. The predicted octanol–water partition coefficient (Wildman–Crippen LogP) is 2.85. The second kappa shape index (κ2) is 12.2. The van der Waals surface area contributed by atoms with Gasteiger partial charge < -0.3 is 34.4 Å². The highest BCUT2D eigenvalue weighted by Crippen LogP contribution is 2.34. The van der Waals surface area contributed by atoms with Crippen molar-refractivity contribution in [2.75, 3.05) is 39.9 Å². The van der Waals surface area contributed by atoms with E-state index in [4.69, 9.17) is 21.1 Å². The number of rotatable bonds is 10. The summed E-state index contributed by atoms with van der Waals surface area (Å²) in [4.78, 5) is 0. The molecule has 0 aromatic heterocycles. The molecule has 7 nitrogen and oxygen atoms in total. The number of ether oxygens (including phenoxy) is 2. The Morgan fingerprint density at radius 1 is 0.972 bits per heavy atom. The number of aliphatic hydroxyl groups excluding tert-OH is 4. The standard InChI is InChI=1S/C28H39ClNO6/c1-30(12-2-3-13-30)14-4-5-15-35-22-9-6-19(7-10-22)16-21-17-20(8-11-23(21)29)28-27(34)26(33)25(32)24(18-31)36-28/h6-11,17,24-28,31-34H,2-5,12-16,18H2,1H3/q+1/t24-,25-,26+,27-,28+/m1/s1. The van der Waals surface area contributed by atoms with E-state index in [-0.39, 0.29) is 0 Å². The van der Waals surface area contributed by atoms with Crippen LogP contribution in [-0.4, -0.2) is 89.2 Å². The minimum Gasteiger partial charge on any atom is -0.494 e. The van der Waals surface area contributed by atoms with E-state index in [1.165, 1.54) is 43.4 Å². The molecular weight excluding hydrogens is 482 g/mol. The smallest absolute Gasteiger partial charge is 0.119 e. The first-order valence-corrected chi connectivity index (χ1v) is 13.3. The van der Waals surface area contributed by atoms with Crippen LogP contribution in [0.5, 0.6) is 5.75 Å². The van der Waals surface area contributed by atoms with Gasteiger partial charge in [0.15, 0.2) is 0 Å². The maximum atomic E-state index is 10.5. The molecular formula is C28H39ClNO6+. The van der Waals surface area contributed by atoms with Crippen LogP contribution in [0.4, 0.5) is 0 Å². The van der Waals surface area contributed by atoms with Crippen LogP contribution in [0.3, 0.4) is 0 Å². The molecule has 0 radical (unpaired) electrons. The molecule has 198 valence electrons. The average Bonchev–Trinajstić information content (AvgIpc) is 3.31. The number of halogens is 1. The van der Waals surface area contributed by atoms with Crippen molar-refractivity contribution in [1.82, 2.24) is 0 Å². The van der Waals surface area contributed by atoms with Gasteiger partial charge in [0.05, 0.1) is 39.9 Å². The van der Waals surface area contributed by atoms with Gasteiger partial charge in [-0.1, -0.05) is 35.9 Å². The summed E-state index contributed by atoms with van der Waals surface area (Å²) in [6, 6.07) is 13.3. The number of nitrogens with zero attached hydrogens (tertiary/aromatic N) is 1. The van der Waals surface area contributed by atoms with Crippen molar-refractivity contribution in [3.63, 3.8) is 0 Å². The Morgan fingerprint density at radius 3 is 2.39 bits per heavy atom.